The van der Waals surface area contributed by atoms with Crippen molar-refractivity contribution in [2.45, 2.75) is 58.5 Å². The molecule has 2 rings (SSSR count). The molecular formula is C13H23N. The maximum Gasteiger partial charge on any atom is 0.0438 e. The quantitative estimate of drug-likeness (QED) is 0.528. The summed E-state index contributed by atoms with van der Waals surface area (Å²) in [4.78, 5) is 0. The highest BCUT2D eigenvalue weighted by molar-refractivity contribution is 5.21. The second-order valence-corrected chi connectivity index (χ2v) is 5.22. The Morgan fingerprint density at radius 1 is 1.21 bits per heavy atom. The van der Waals surface area contributed by atoms with Crippen molar-refractivity contribution >= 4 is 0 Å². The Kier molecular flexibility index (Phi) is 2.96. The van der Waals surface area contributed by atoms with Gasteiger partial charge in [0.15, 0.2) is 0 Å². The SMILES string of the molecule is C/C=C(\C)C1NC1C1CCC(C)CC1. The van der Waals surface area contributed by atoms with Crippen molar-refractivity contribution < 1.29 is 0 Å². The largest absolute Gasteiger partial charge is 0.304 e. The Morgan fingerprint density at radius 3 is 2.43 bits per heavy atom. The molecule has 1 saturated carbocycles. The Bertz CT molecular complexity index is 223. The Hall–Kier alpha value is -0.300. The maximum atomic E-state index is 3.64. The summed E-state index contributed by atoms with van der Waals surface area (Å²) in [6.45, 7) is 6.80. The molecule has 2 fully saturated rings. The van der Waals surface area contributed by atoms with E-state index in [-0.39, 0.29) is 0 Å². The molecule has 2 aliphatic rings. The van der Waals surface area contributed by atoms with Gasteiger partial charge in [-0.05, 0) is 38.5 Å². The van der Waals surface area contributed by atoms with E-state index in [1.807, 2.05) is 0 Å². The molecule has 14 heavy (non-hydrogen) atoms. The van der Waals surface area contributed by atoms with E-state index >= 15 is 0 Å². The molecule has 1 saturated heterocycles. The molecule has 0 aromatic heterocycles. The van der Waals surface area contributed by atoms with E-state index in [0.717, 1.165) is 23.9 Å². The summed E-state index contributed by atoms with van der Waals surface area (Å²) in [6.07, 6.45) is 8.05. The first kappa shape index (κ1) is 10.2. The smallest absolute Gasteiger partial charge is 0.0438 e. The fourth-order valence-corrected chi connectivity index (χ4v) is 2.80. The van der Waals surface area contributed by atoms with Gasteiger partial charge in [0.2, 0.25) is 0 Å². The van der Waals surface area contributed by atoms with Crippen LogP contribution in [0.3, 0.4) is 0 Å². The van der Waals surface area contributed by atoms with Crippen LogP contribution in [0.15, 0.2) is 11.6 Å². The van der Waals surface area contributed by atoms with Gasteiger partial charge in [0.1, 0.15) is 0 Å². The minimum Gasteiger partial charge on any atom is -0.304 e. The summed E-state index contributed by atoms with van der Waals surface area (Å²) in [5.74, 6) is 1.94. The summed E-state index contributed by atoms with van der Waals surface area (Å²) < 4.78 is 0. The van der Waals surface area contributed by atoms with E-state index in [9.17, 15) is 0 Å². The summed E-state index contributed by atoms with van der Waals surface area (Å²) in [6, 6.07) is 1.54. The molecule has 1 nitrogen and oxygen atoms in total. The van der Waals surface area contributed by atoms with Crippen molar-refractivity contribution in [3.05, 3.63) is 11.6 Å². The van der Waals surface area contributed by atoms with Gasteiger partial charge in [-0.15, -0.1) is 0 Å². The van der Waals surface area contributed by atoms with Crippen molar-refractivity contribution in [1.29, 1.82) is 0 Å². The monoisotopic (exact) mass is 193 g/mol. The lowest BCUT2D eigenvalue weighted by Crippen LogP contribution is -2.19. The normalized spacial score (nSPS) is 43.8. The molecule has 0 aromatic rings. The minimum absolute atomic E-state index is 0.721. The van der Waals surface area contributed by atoms with Gasteiger partial charge in [-0.1, -0.05) is 31.4 Å². The maximum absolute atomic E-state index is 3.64. The van der Waals surface area contributed by atoms with E-state index in [4.69, 9.17) is 0 Å². The summed E-state index contributed by atoms with van der Waals surface area (Å²) in [7, 11) is 0. The number of allylic oxidation sites excluding steroid dienone is 1. The Labute approximate surface area is 88.0 Å². The van der Waals surface area contributed by atoms with Crippen LogP contribution in [0.1, 0.15) is 46.5 Å². The van der Waals surface area contributed by atoms with Gasteiger partial charge in [-0.3, -0.25) is 0 Å². The Balaban J connectivity index is 1.82. The molecule has 1 aliphatic carbocycles. The van der Waals surface area contributed by atoms with Crippen LogP contribution < -0.4 is 5.32 Å². The molecule has 1 heteroatoms. The lowest BCUT2D eigenvalue weighted by molar-refractivity contribution is 0.284. The third-order valence-electron chi connectivity index (χ3n) is 4.14. The average molecular weight is 193 g/mol. The second kappa shape index (κ2) is 4.06. The lowest BCUT2D eigenvalue weighted by atomic mass is 9.80. The van der Waals surface area contributed by atoms with Crippen molar-refractivity contribution in [2.24, 2.45) is 11.8 Å². The van der Waals surface area contributed by atoms with E-state index < -0.39 is 0 Å². The number of hydrogen-bond acceptors (Lipinski definition) is 1. The average Bonchev–Trinajstić information content (AvgIpc) is 2.98. The van der Waals surface area contributed by atoms with Crippen molar-refractivity contribution in [1.82, 2.24) is 5.32 Å². The molecular weight excluding hydrogens is 170 g/mol. The standard InChI is InChI=1S/C13H23N/c1-4-10(3)12-13(14-12)11-7-5-9(2)6-8-11/h4,9,11-14H,5-8H2,1-3H3/b10-4+. The van der Waals surface area contributed by atoms with Crippen LogP contribution in [0.25, 0.3) is 0 Å². The van der Waals surface area contributed by atoms with Gasteiger partial charge in [0.05, 0.1) is 0 Å². The highest BCUT2D eigenvalue weighted by Gasteiger charge is 2.43. The van der Waals surface area contributed by atoms with Crippen molar-refractivity contribution in [3.8, 4) is 0 Å². The molecule has 1 aliphatic heterocycles. The van der Waals surface area contributed by atoms with Crippen LogP contribution in [0, 0.1) is 11.8 Å². The zero-order valence-corrected chi connectivity index (χ0v) is 9.72. The molecule has 0 radical (unpaired) electrons. The number of nitrogens with one attached hydrogen (secondary N) is 1. The predicted octanol–water partition coefficient (Wildman–Crippen LogP) is 3.12. The van der Waals surface area contributed by atoms with Gasteiger partial charge in [-0.2, -0.15) is 0 Å². The van der Waals surface area contributed by atoms with Gasteiger partial charge in [-0.25, -0.2) is 0 Å². The molecule has 80 valence electrons. The first-order valence-electron chi connectivity index (χ1n) is 6.11. The highest BCUT2D eigenvalue weighted by atomic mass is 15.2. The van der Waals surface area contributed by atoms with Crippen LogP contribution in [0.5, 0.6) is 0 Å². The van der Waals surface area contributed by atoms with Crippen LogP contribution in [0.2, 0.25) is 0 Å². The van der Waals surface area contributed by atoms with Crippen molar-refractivity contribution in [3.63, 3.8) is 0 Å². The minimum atomic E-state index is 0.721. The van der Waals surface area contributed by atoms with E-state index in [1.54, 1.807) is 0 Å². The fourth-order valence-electron chi connectivity index (χ4n) is 2.80. The summed E-state index contributed by atoms with van der Waals surface area (Å²) in [5, 5.41) is 3.64. The van der Waals surface area contributed by atoms with E-state index in [1.165, 1.54) is 31.3 Å². The third-order valence-corrected chi connectivity index (χ3v) is 4.14. The number of rotatable bonds is 2. The molecule has 1 heterocycles. The fraction of sp³-hybridized carbons (Fsp3) is 0.846. The van der Waals surface area contributed by atoms with E-state index in [2.05, 4.69) is 32.2 Å². The first-order valence-corrected chi connectivity index (χ1v) is 6.11. The topological polar surface area (TPSA) is 21.9 Å². The van der Waals surface area contributed by atoms with Gasteiger partial charge in [0, 0.05) is 12.1 Å². The molecule has 2 atom stereocenters. The van der Waals surface area contributed by atoms with Crippen LogP contribution in [-0.4, -0.2) is 12.1 Å². The zero-order chi connectivity index (χ0) is 10.1. The highest BCUT2D eigenvalue weighted by Crippen LogP contribution is 2.37. The van der Waals surface area contributed by atoms with Gasteiger partial charge < -0.3 is 5.32 Å². The first-order chi connectivity index (χ1) is 6.72. The molecule has 0 spiro atoms. The van der Waals surface area contributed by atoms with Gasteiger partial charge >= 0.3 is 0 Å². The Morgan fingerprint density at radius 2 is 1.86 bits per heavy atom. The molecule has 0 aromatic carbocycles. The second-order valence-electron chi connectivity index (χ2n) is 5.22. The lowest BCUT2D eigenvalue weighted by Gasteiger charge is -2.25. The third kappa shape index (κ3) is 2.03. The van der Waals surface area contributed by atoms with Crippen LogP contribution >= 0.6 is 0 Å². The number of hydrogen-bond donors (Lipinski definition) is 1. The van der Waals surface area contributed by atoms with Crippen molar-refractivity contribution in [2.75, 3.05) is 0 Å². The van der Waals surface area contributed by atoms with E-state index in [0.29, 0.717) is 0 Å². The molecule has 1 N–H and O–H groups in total. The van der Waals surface area contributed by atoms with Crippen LogP contribution in [-0.2, 0) is 0 Å². The summed E-state index contributed by atoms with van der Waals surface area (Å²) in [5.41, 5.74) is 1.54. The zero-order valence-electron chi connectivity index (χ0n) is 9.72. The molecule has 0 amide bonds. The molecule has 0 bridgehead atoms. The van der Waals surface area contributed by atoms with Crippen LogP contribution in [0.4, 0.5) is 0 Å². The summed E-state index contributed by atoms with van der Waals surface area (Å²) >= 11 is 0. The predicted molar refractivity (Wildman–Crippen MR) is 61.3 cm³/mol. The van der Waals surface area contributed by atoms with Gasteiger partial charge in [0.25, 0.3) is 0 Å². The molecule has 2 unspecified atom stereocenters.